The van der Waals surface area contributed by atoms with Crippen LogP contribution >= 0.6 is 0 Å². The number of amides is 2. The number of anilines is 2. The van der Waals surface area contributed by atoms with Crippen LogP contribution in [0.3, 0.4) is 0 Å². The fourth-order valence-electron chi connectivity index (χ4n) is 3.29. The second-order valence-corrected chi connectivity index (χ2v) is 6.69. The van der Waals surface area contributed by atoms with Crippen LogP contribution in [-0.4, -0.2) is 50.5 Å². The molecule has 28 heavy (non-hydrogen) atoms. The van der Waals surface area contributed by atoms with E-state index in [4.69, 9.17) is 11.3 Å². The molecule has 2 aliphatic heterocycles. The van der Waals surface area contributed by atoms with E-state index >= 15 is 0 Å². The van der Waals surface area contributed by atoms with Crippen molar-refractivity contribution in [3.63, 3.8) is 0 Å². The first-order chi connectivity index (χ1) is 13.4. The summed E-state index contributed by atoms with van der Waals surface area (Å²) in [7, 11) is 0. The quantitative estimate of drug-likeness (QED) is 0.803. The van der Waals surface area contributed by atoms with E-state index in [9.17, 15) is 18.4 Å². The highest BCUT2D eigenvalue weighted by molar-refractivity contribution is 5.90. The molecule has 0 saturated carbocycles. The average Bonchev–Trinajstić information content (AvgIpc) is 3.02. The van der Waals surface area contributed by atoms with Crippen LogP contribution in [0, 0.1) is 12.4 Å². The normalized spacial score (nSPS) is 23.5. The number of cyclic esters (lactones) is 1. The zero-order chi connectivity index (χ0) is 20.3. The van der Waals surface area contributed by atoms with Crippen LogP contribution in [0.1, 0.15) is 13.3 Å². The van der Waals surface area contributed by atoms with Gasteiger partial charge in [-0.25, -0.2) is 18.4 Å². The first-order valence-electron chi connectivity index (χ1n) is 8.85. The van der Waals surface area contributed by atoms with Crippen LogP contribution < -0.4 is 15.1 Å². The number of hydrogen-bond donors (Lipinski definition) is 1. The molecule has 1 aromatic rings. The Morgan fingerprint density at radius 2 is 2.25 bits per heavy atom. The Labute approximate surface area is 161 Å². The molecule has 0 radical (unpaired) electrons. The van der Waals surface area contributed by atoms with Gasteiger partial charge in [-0.3, -0.25) is 9.69 Å². The summed E-state index contributed by atoms with van der Waals surface area (Å²) >= 11 is 0. The van der Waals surface area contributed by atoms with Crippen molar-refractivity contribution in [2.45, 2.75) is 25.6 Å². The van der Waals surface area contributed by atoms with Crippen molar-refractivity contribution in [2.75, 3.05) is 36.0 Å². The third-order valence-corrected chi connectivity index (χ3v) is 4.72. The molecule has 148 valence electrons. The lowest BCUT2D eigenvalue weighted by molar-refractivity contribution is -0.119. The van der Waals surface area contributed by atoms with Gasteiger partial charge in [0, 0.05) is 13.5 Å². The van der Waals surface area contributed by atoms with Crippen LogP contribution in [0.15, 0.2) is 30.0 Å². The number of alkyl halides is 1. The Morgan fingerprint density at radius 1 is 1.46 bits per heavy atom. The molecule has 7 nitrogen and oxygen atoms in total. The molecule has 9 heteroatoms. The van der Waals surface area contributed by atoms with Gasteiger partial charge in [0.25, 0.3) is 0 Å². The van der Waals surface area contributed by atoms with E-state index in [2.05, 4.69) is 10.2 Å². The standard InChI is InChI=1S/C19H20F2N4O3/c1-12(26)23-9-15-10-25(19(27)28-15)14-3-4-18(16(20)7-14)24-6-5-13(8-22-2)17(21)11-24/h3-4,7-8,15,17H,5-6,9-11H2,1H3,(H,23,26)/b13-8-/t15-,17?/m0/s1. The maximum atomic E-state index is 14.7. The fourth-order valence-corrected chi connectivity index (χ4v) is 3.29. The molecule has 2 atom stereocenters. The molecule has 1 aromatic carbocycles. The van der Waals surface area contributed by atoms with Gasteiger partial charge >= 0.3 is 6.09 Å². The van der Waals surface area contributed by atoms with Crippen molar-refractivity contribution >= 4 is 23.4 Å². The molecular weight excluding hydrogens is 370 g/mol. The van der Waals surface area contributed by atoms with Crippen LogP contribution in [0.25, 0.3) is 4.85 Å². The van der Waals surface area contributed by atoms with Gasteiger partial charge < -0.3 is 15.0 Å². The zero-order valence-electron chi connectivity index (χ0n) is 15.3. The summed E-state index contributed by atoms with van der Waals surface area (Å²) in [6.07, 6.45) is -0.893. The van der Waals surface area contributed by atoms with Crippen molar-refractivity contribution in [3.05, 3.63) is 47.2 Å². The van der Waals surface area contributed by atoms with E-state index in [1.807, 2.05) is 0 Å². The minimum Gasteiger partial charge on any atom is -0.442 e. The number of hydrogen-bond acceptors (Lipinski definition) is 4. The summed E-state index contributed by atoms with van der Waals surface area (Å²) in [6, 6.07) is 4.31. The number of nitrogens with zero attached hydrogens (tertiary/aromatic N) is 3. The highest BCUT2D eigenvalue weighted by Crippen LogP contribution is 2.31. The van der Waals surface area contributed by atoms with Gasteiger partial charge in [0.05, 0.1) is 37.6 Å². The summed E-state index contributed by atoms with van der Waals surface area (Å²) in [4.78, 5) is 29.0. The lowest BCUT2D eigenvalue weighted by Crippen LogP contribution is -2.38. The summed E-state index contributed by atoms with van der Waals surface area (Å²) in [5, 5.41) is 2.58. The van der Waals surface area contributed by atoms with Crippen molar-refractivity contribution < 1.29 is 23.1 Å². The molecule has 2 saturated heterocycles. The number of carbonyl (C=O) groups excluding carboxylic acids is 2. The molecule has 2 heterocycles. The number of carbonyl (C=O) groups is 2. The van der Waals surface area contributed by atoms with Crippen LogP contribution in [-0.2, 0) is 9.53 Å². The van der Waals surface area contributed by atoms with Crippen LogP contribution in [0.2, 0.25) is 0 Å². The largest absolute Gasteiger partial charge is 0.442 e. The summed E-state index contributed by atoms with van der Waals surface area (Å²) in [5.41, 5.74) is 1.00. The van der Waals surface area contributed by atoms with Crippen LogP contribution in [0.4, 0.5) is 25.0 Å². The van der Waals surface area contributed by atoms with E-state index in [0.29, 0.717) is 24.2 Å². The highest BCUT2D eigenvalue weighted by atomic mass is 19.1. The van der Waals surface area contributed by atoms with Gasteiger partial charge in [0.2, 0.25) is 5.91 Å². The van der Waals surface area contributed by atoms with Gasteiger partial charge in [-0.1, -0.05) is 0 Å². The first-order valence-corrected chi connectivity index (χ1v) is 8.85. The van der Waals surface area contributed by atoms with Gasteiger partial charge in [-0.05, 0) is 30.2 Å². The van der Waals surface area contributed by atoms with E-state index in [0.717, 1.165) is 0 Å². The maximum absolute atomic E-state index is 14.7. The molecule has 0 spiro atoms. The van der Waals surface area contributed by atoms with E-state index in [1.165, 1.54) is 30.2 Å². The fraction of sp³-hybridized carbons (Fsp3) is 0.421. The molecule has 0 aromatic heterocycles. The van der Waals surface area contributed by atoms with E-state index < -0.39 is 24.2 Å². The van der Waals surface area contributed by atoms with Gasteiger partial charge in [0.1, 0.15) is 18.1 Å². The van der Waals surface area contributed by atoms with Gasteiger partial charge in [-0.2, -0.15) is 0 Å². The molecule has 1 N–H and O–H groups in total. The second kappa shape index (κ2) is 8.25. The molecule has 2 fully saturated rings. The number of nitrogens with one attached hydrogen (secondary N) is 1. The molecule has 2 amide bonds. The van der Waals surface area contributed by atoms with Crippen molar-refractivity contribution in [1.29, 1.82) is 0 Å². The highest BCUT2D eigenvalue weighted by Gasteiger charge is 2.33. The van der Waals surface area contributed by atoms with Crippen molar-refractivity contribution in [1.82, 2.24) is 5.32 Å². The molecule has 1 unspecified atom stereocenters. The maximum Gasteiger partial charge on any atom is 0.414 e. The number of rotatable bonds is 4. The molecule has 3 rings (SSSR count). The Balaban J connectivity index is 1.69. The smallest absolute Gasteiger partial charge is 0.414 e. The van der Waals surface area contributed by atoms with E-state index in [1.54, 1.807) is 11.0 Å². The topological polar surface area (TPSA) is 66.2 Å². The monoisotopic (exact) mass is 390 g/mol. The second-order valence-electron chi connectivity index (χ2n) is 6.69. The van der Waals surface area contributed by atoms with Crippen molar-refractivity contribution in [3.8, 4) is 0 Å². The number of piperidine rings is 1. The predicted molar refractivity (Wildman–Crippen MR) is 99.1 cm³/mol. The number of ether oxygens (including phenoxy) is 1. The van der Waals surface area contributed by atoms with E-state index in [-0.39, 0.29) is 31.2 Å². The molecule has 2 aliphatic rings. The Kier molecular flexibility index (Phi) is 5.78. The van der Waals surface area contributed by atoms with Crippen molar-refractivity contribution in [2.24, 2.45) is 0 Å². The zero-order valence-corrected chi connectivity index (χ0v) is 15.3. The molecule has 0 aliphatic carbocycles. The summed E-state index contributed by atoms with van der Waals surface area (Å²) < 4.78 is 34.0. The third-order valence-electron chi connectivity index (χ3n) is 4.72. The average molecular weight is 390 g/mol. The summed E-state index contributed by atoms with van der Waals surface area (Å²) in [6.45, 7) is 8.93. The lowest BCUT2D eigenvalue weighted by Gasteiger charge is -2.33. The lowest BCUT2D eigenvalue weighted by atomic mass is 10.0. The Morgan fingerprint density at radius 3 is 2.89 bits per heavy atom. The number of benzene rings is 1. The van der Waals surface area contributed by atoms with Gasteiger partial charge in [0.15, 0.2) is 6.20 Å². The third kappa shape index (κ3) is 4.22. The van der Waals surface area contributed by atoms with Gasteiger partial charge in [-0.15, -0.1) is 0 Å². The predicted octanol–water partition coefficient (Wildman–Crippen LogP) is 2.64. The van der Waals surface area contributed by atoms with Crippen LogP contribution in [0.5, 0.6) is 0 Å². The SMILES string of the molecule is [C-]#[N+]/C=C1/CCN(c2ccc(N3C[C@H](CNC(C)=O)OC3=O)cc2F)CC1F. The molecule has 0 bridgehead atoms. The molecular formula is C19H20F2N4O3. The Hall–Kier alpha value is -3.15. The minimum atomic E-state index is -1.31. The summed E-state index contributed by atoms with van der Waals surface area (Å²) in [5.74, 6) is -0.799. The Bertz CT molecular complexity index is 852. The number of halogens is 2. The minimum absolute atomic E-state index is 0.0256. The first kappa shape index (κ1) is 19.6.